The molecule has 26 heavy (non-hydrogen) atoms. The van der Waals surface area contributed by atoms with Gasteiger partial charge in [0.15, 0.2) is 5.82 Å². The minimum absolute atomic E-state index is 0.220. The third-order valence-electron chi connectivity index (χ3n) is 4.98. The number of nitrogens with zero attached hydrogens (tertiary/aromatic N) is 6. The van der Waals surface area contributed by atoms with Gasteiger partial charge in [0.25, 0.3) is 0 Å². The zero-order valence-corrected chi connectivity index (χ0v) is 16.9. The summed E-state index contributed by atoms with van der Waals surface area (Å²) in [5.74, 6) is 1.50. The monoisotopic (exact) mass is 390 g/mol. The highest BCUT2D eigenvalue weighted by molar-refractivity contribution is 7.16. The van der Waals surface area contributed by atoms with Gasteiger partial charge in [0.2, 0.25) is 10.9 Å². The van der Waals surface area contributed by atoms with E-state index in [9.17, 15) is 4.79 Å². The SMILES string of the molecule is Cc1nc(C2CCN(C(=O)CCc3nn4c(C)nnc4s3)CC2)sc1C. The summed E-state index contributed by atoms with van der Waals surface area (Å²) in [6.45, 7) is 7.73. The summed E-state index contributed by atoms with van der Waals surface area (Å²) in [5.41, 5.74) is 1.14. The number of thiazole rings is 1. The molecule has 0 atom stereocenters. The Bertz CT molecular complexity index is 915. The number of hydrogen-bond donors (Lipinski definition) is 0. The molecule has 1 aliphatic heterocycles. The number of fused-ring (bicyclic) bond motifs is 1. The second-order valence-electron chi connectivity index (χ2n) is 6.79. The Labute approximate surface area is 160 Å². The maximum Gasteiger partial charge on any atom is 0.234 e. The van der Waals surface area contributed by atoms with Crippen molar-refractivity contribution in [2.24, 2.45) is 0 Å². The second kappa shape index (κ2) is 7.03. The fraction of sp³-hybridized carbons (Fsp3) is 0.588. The third kappa shape index (κ3) is 3.37. The van der Waals surface area contributed by atoms with Gasteiger partial charge in [-0.3, -0.25) is 4.79 Å². The van der Waals surface area contributed by atoms with Gasteiger partial charge in [-0.1, -0.05) is 11.3 Å². The molecular formula is C17H22N6OS2. The summed E-state index contributed by atoms with van der Waals surface area (Å²) in [5, 5.41) is 14.7. The van der Waals surface area contributed by atoms with Crippen LogP contribution in [0.3, 0.4) is 0 Å². The maximum absolute atomic E-state index is 12.5. The van der Waals surface area contributed by atoms with Crippen molar-refractivity contribution in [1.29, 1.82) is 0 Å². The third-order valence-corrected chi connectivity index (χ3v) is 7.18. The lowest BCUT2D eigenvalue weighted by Gasteiger charge is -2.31. The normalized spacial score (nSPS) is 15.9. The quantitative estimate of drug-likeness (QED) is 0.685. The van der Waals surface area contributed by atoms with Crippen LogP contribution in [0.25, 0.3) is 4.96 Å². The lowest BCUT2D eigenvalue weighted by molar-refractivity contribution is -0.132. The zero-order chi connectivity index (χ0) is 18.3. The molecule has 7 nitrogen and oxygen atoms in total. The van der Waals surface area contributed by atoms with Gasteiger partial charge in [-0.2, -0.15) is 9.61 Å². The maximum atomic E-state index is 12.5. The Morgan fingerprint density at radius 1 is 1.15 bits per heavy atom. The minimum atomic E-state index is 0.220. The molecule has 3 aromatic heterocycles. The van der Waals surface area contributed by atoms with Crippen LogP contribution >= 0.6 is 22.7 Å². The molecule has 1 aliphatic rings. The van der Waals surface area contributed by atoms with Crippen molar-refractivity contribution >= 4 is 33.5 Å². The molecular weight excluding hydrogens is 368 g/mol. The molecule has 1 fully saturated rings. The van der Waals surface area contributed by atoms with E-state index in [1.165, 1.54) is 21.2 Å². The molecule has 0 aromatic carbocycles. The number of amides is 1. The van der Waals surface area contributed by atoms with Crippen molar-refractivity contribution in [3.63, 3.8) is 0 Å². The second-order valence-corrected chi connectivity index (χ2v) is 9.06. The van der Waals surface area contributed by atoms with Crippen LogP contribution in [0.1, 0.15) is 51.6 Å². The Morgan fingerprint density at radius 2 is 1.92 bits per heavy atom. The van der Waals surface area contributed by atoms with Gasteiger partial charge in [-0.25, -0.2) is 4.98 Å². The Hall–Kier alpha value is -1.87. The molecule has 4 rings (SSSR count). The fourth-order valence-electron chi connectivity index (χ4n) is 3.28. The first-order valence-corrected chi connectivity index (χ1v) is 10.5. The molecule has 1 saturated heterocycles. The van der Waals surface area contributed by atoms with Crippen molar-refractivity contribution in [1.82, 2.24) is 29.7 Å². The number of aromatic nitrogens is 5. The number of likely N-dealkylation sites (tertiary alicyclic amines) is 1. The highest BCUT2D eigenvalue weighted by Crippen LogP contribution is 2.32. The average Bonchev–Trinajstić information content (AvgIpc) is 3.30. The summed E-state index contributed by atoms with van der Waals surface area (Å²) in [6.07, 6.45) is 3.18. The van der Waals surface area contributed by atoms with Crippen molar-refractivity contribution in [3.05, 3.63) is 26.4 Å². The predicted octanol–water partition coefficient (Wildman–Crippen LogP) is 2.91. The van der Waals surface area contributed by atoms with E-state index in [0.717, 1.165) is 47.4 Å². The molecule has 0 unspecified atom stereocenters. The van der Waals surface area contributed by atoms with Crippen molar-refractivity contribution in [3.8, 4) is 0 Å². The first-order valence-electron chi connectivity index (χ1n) is 8.90. The molecule has 138 valence electrons. The van der Waals surface area contributed by atoms with Crippen LogP contribution in [0, 0.1) is 20.8 Å². The number of rotatable bonds is 4. The van der Waals surface area contributed by atoms with Crippen LogP contribution in [0.15, 0.2) is 0 Å². The zero-order valence-electron chi connectivity index (χ0n) is 15.2. The van der Waals surface area contributed by atoms with E-state index in [1.807, 2.05) is 23.2 Å². The highest BCUT2D eigenvalue weighted by Gasteiger charge is 2.26. The van der Waals surface area contributed by atoms with Gasteiger partial charge in [0, 0.05) is 36.7 Å². The van der Waals surface area contributed by atoms with Crippen LogP contribution < -0.4 is 0 Å². The van der Waals surface area contributed by atoms with Crippen molar-refractivity contribution in [2.75, 3.05) is 13.1 Å². The molecule has 0 radical (unpaired) electrons. The van der Waals surface area contributed by atoms with Crippen LogP contribution in [0.5, 0.6) is 0 Å². The van der Waals surface area contributed by atoms with E-state index in [4.69, 9.17) is 4.98 Å². The molecule has 0 aliphatic carbocycles. The number of aryl methyl sites for hydroxylation is 4. The lowest BCUT2D eigenvalue weighted by Crippen LogP contribution is -2.38. The van der Waals surface area contributed by atoms with Crippen LogP contribution in [-0.4, -0.2) is 48.7 Å². The predicted molar refractivity (Wildman–Crippen MR) is 102 cm³/mol. The van der Waals surface area contributed by atoms with Gasteiger partial charge in [-0.05, 0) is 33.6 Å². The van der Waals surface area contributed by atoms with E-state index in [2.05, 4.69) is 29.1 Å². The minimum Gasteiger partial charge on any atom is -0.343 e. The lowest BCUT2D eigenvalue weighted by atomic mass is 9.97. The van der Waals surface area contributed by atoms with Crippen LogP contribution in [0.4, 0.5) is 0 Å². The van der Waals surface area contributed by atoms with E-state index >= 15 is 0 Å². The molecule has 9 heteroatoms. The molecule has 3 aromatic rings. The Kier molecular flexibility index (Phi) is 4.74. The standard InChI is InChI=1S/C17H22N6OS2/c1-10-11(2)25-16(18-10)13-6-8-22(9-7-13)15(24)5-4-14-21-23-12(3)19-20-17(23)26-14/h13H,4-9H2,1-3H3. The summed E-state index contributed by atoms with van der Waals surface area (Å²) in [6, 6.07) is 0. The summed E-state index contributed by atoms with van der Waals surface area (Å²) < 4.78 is 1.74. The van der Waals surface area contributed by atoms with Gasteiger partial charge in [0.1, 0.15) is 5.01 Å². The van der Waals surface area contributed by atoms with E-state index in [1.54, 1.807) is 4.52 Å². The van der Waals surface area contributed by atoms with Crippen LogP contribution in [0.2, 0.25) is 0 Å². The smallest absolute Gasteiger partial charge is 0.234 e. The Balaban J connectivity index is 1.30. The number of carbonyl (C=O) groups is 1. The number of piperidine rings is 1. The van der Waals surface area contributed by atoms with Gasteiger partial charge < -0.3 is 4.90 Å². The van der Waals surface area contributed by atoms with Gasteiger partial charge in [-0.15, -0.1) is 21.5 Å². The summed E-state index contributed by atoms with van der Waals surface area (Å²) in [7, 11) is 0. The summed E-state index contributed by atoms with van der Waals surface area (Å²) >= 11 is 3.32. The fourth-order valence-corrected chi connectivity index (χ4v) is 5.25. The molecule has 0 spiro atoms. The van der Waals surface area contributed by atoms with Gasteiger partial charge >= 0.3 is 0 Å². The Morgan fingerprint density at radius 3 is 2.58 bits per heavy atom. The van der Waals surface area contributed by atoms with E-state index < -0.39 is 0 Å². The van der Waals surface area contributed by atoms with Crippen LogP contribution in [-0.2, 0) is 11.2 Å². The molecule has 0 N–H and O–H groups in total. The first kappa shape index (κ1) is 17.5. The van der Waals surface area contributed by atoms with Crippen molar-refractivity contribution in [2.45, 2.75) is 52.4 Å². The molecule has 0 bridgehead atoms. The number of hydrogen-bond acceptors (Lipinski definition) is 7. The highest BCUT2D eigenvalue weighted by atomic mass is 32.1. The topological polar surface area (TPSA) is 76.3 Å². The van der Waals surface area contributed by atoms with Gasteiger partial charge in [0.05, 0.1) is 10.7 Å². The first-order chi connectivity index (χ1) is 12.5. The number of carbonyl (C=O) groups excluding carboxylic acids is 1. The van der Waals surface area contributed by atoms with E-state index in [-0.39, 0.29) is 5.91 Å². The molecule has 1 amide bonds. The van der Waals surface area contributed by atoms with Crippen molar-refractivity contribution < 1.29 is 4.79 Å². The largest absolute Gasteiger partial charge is 0.343 e. The molecule has 4 heterocycles. The molecule has 0 saturated carbocycles. The van der Waals surface area contributed by atoms with E-state index in [0.29, 0.717) is 18.8 Å². The summed E-state index contributed by atoms with van der Waals surface area (Å²) in [4.78, 5) is 21.3. The average molecular weight is 391 g/mol.